The molecule has 1 saturated heterocycles. The standard InChI is InChI=1S/C24H24F2N6O3/c25-15-10-18(32(12-15)20(33)11-19-28-24(35)31-30-19)23(34)29-21(14-4-2-1-3-5-14)17-9-8-16(13-6-7-13)22(26)27-17/h1-5,8-9,13,15,18,21H,6-7,10-12H2,(H,29,34)(H2,28,30,31,35)/t15-,18+,21+/m1/s1. The number of hydrogen-bond donors (Lipinski definition) is 3. The van der Waals surface area contributed by atoms with Gasteiger partial charge in [-0.3, -0.25) is 14.6 Å². The topological polar surface area (TPSA) is 124 Å². The van der Waals surface area contributed by atoms with Gasteiger partial charge in [0.05, 0.1) is 24.7 Å². The Hall–Kier alpha value is -3.89. The molecule has 182 valence electrons. The van der Waals surface area contributed by atoms with Crippen molar-refractivity contribution in [1.29, 1.82) is 0 Å². The van der Waals surface area contributed by atoms with Gasteiger partial charge in [0.2, 0.25) is 17.8 Å². The van der Waals surface area contributed by atoms with Crippen molar-refractivity contribution < 1.29 is 18.4 Å². The molecule has 3 atom stereocenters. The molecule has 0 unspecified atom stereocenters. The molecule has 1 aliphatic carbocycles. The number of rotatable bonds is 7. The van der Waals surface area contributed by atoms with Crippen LogP contribution in [0.15, 0.2) is 47.3 Å². The van der Waals surface area contributed by atoms with Crippen molar-refractivity contribution in [3.8, 4) is 0 Å². The van der Waals surface area contributed by atoms with Gasteiger partial charge in [0, 0.05) is 12.0 Å². The fraction of sp³-hybridized carbons (Fsp3) is 0.375. The molecule has 5 rings (SSSR count). The molecular formula is C24H24F2N6O3. The van der Waals surface area contributed by atoms with Crippen molar-refractivity contribution in [2.45, 2.75) is 49.9 Å². The van der Waals surface area contributed by atoms with Crippen molar-refractivity contribution in [2.75, 3.05) is 6.54 Å². The van der Waals surface area contributed by atoms with Crippen LogP contribution in [-0.2, 0) is 16.0 Å². The maximum absolute atomic E-state index is 14.7. The molecule has 1 aromatic carbocycles. The first-order chi connectivity index (χ1) is 16.9. The number of amides is 2. The summed E-state index contributed by atoms with van der Waals surface area (Å²) >= 11 is 0. The van der Waals surface area contributed by atoms with Crippen LogP contribution in [0.3, 0.4) is 0 Å². The number of aromatic amines is 2. The third-order valence-electron chi connectivity index (χ3n) is 6.37. The lowest BCUT2D eigenvalue weighted by molar-refractivity contribution is -0.138. The van der Waals surface area contributed by atoms with Crippen molar-refractivity contribution in [1.82, 2.24) is 30.4 Å². The molecule has 35 heavy (non-hydrogen) atoms. The smallest absolute Gasteiger partial charge is 0.340 e. The van der Waals surface area contributed by atoms with Gasteiger partial charge < -0.3 is 10.2 Å². The lowest BCUT2D eigenvalue weighted by Crippen LogP contribution is -2.47. The van der Waals surface area contributed by atoms with E-state index in [0.717, 1.165) is 17.7 Å². The number of likely N-dealkylation sites (tertiary alicyclic amines) is 1. The van der Waals surface area contributed by atoms with Crippen molar-refractivity contribution >= 4 is 11.8 Å². The molecule has 2 fully saturated rings. The molecule has 0 bridgehead atoms. The Morgan fingerprint density at radius 1 is 1.17 bits per heavy atom. The zero-order valence-electron chi connectivity index (χ0n) is 18.7. The van der Waals surface area contributed by atoms with E-state index in [0.29, 0.717) is 16.8 Å². The highest BCUT2D eigenvalue weighted by Gasteiger charge is 2.41. The second kappa shape index (κ2) is 9.40. The quantitative estimate of drug-likeness (QED) is 0.444. The summed E-state index contributed by atoms with van der Waals surface area (Å²) in [5.41, 5.74) is 0.989. The number of benzene rings is 1. The van der Waals surface area contributed by atoms with E-state index in [-0.39, 0.29) is 31.1 Å². The lowest BCUT2D eigenvalue weighted by Gasteiger charge is -2.26. The van der Waals surface area contributed by atoms with Gasteiger partial charge in [-0.1, -0.05) is 36.4 Å². The summed E-state index contributed by atoms with van der Waals surface area (Å²) in [7, 11) is 0. The first kappa shape index (κ1) is 22.9. The van der Waals surface area contributed by atoms with Crippen LogP contribution in [0.4, 0.5) is 8.78 Å². The zero-order valence-corrected chi connectivity index (χ0v) is 18.7. The number of H-pyrrole nitrogens is 2. The Kier molecular flexibility index (Phi) is 6.14. The van der Waals surface area contributed by atoms with E-state index < -0.39 is 41.7 Å². The highest BCUT2D eigenvalue weighted by atomic mass is 19.1. The highest BCUT2D eigenvalue weighted by Crippen LogP contribution is 2.41. The van der Waals surface area contributed by atoms with Crippen LogP contribution in [0, 0.1) is 5.95 Å². The molecule has 0 radical (unpaired) electrons. The van der Waals surface area contributed by atoms with E-state index >= 15 is 0 Å². The molecule has 9 nitrogen and oxygen atoms in total. The van der Waals surface area contributed by atoms with Crippen LogP contribution < -0.4 is 11.0 Å². The van der Waals surface area contributed by atoms with Gasteiger partial charge in [-0.2, -0.15) is 9.49 Å². The van der Waals surface area contributed by atoms with Crippen LogP contribution in [0.2, 0.25) is 0 Å². The van der Waals surface area contributed by atoms with Gasteiger partial charge in [-0.25, -0.2) is 19.3 Å². The van der Waals surface area contributed by atoms with E-state index in [1.807, 2.05) is 6.07 Å². The summed E-state index contributed by atoms with van der Waals surface area (Å²) in [6.45, 7) is -0.245. The fourth-order valence-corrected chi connectivity index (χ4v) is 4.47. The van der Waals surface area contributed by atoms with Gasteiger partial charge in [-0.15, -0.1) is 0 Å². The average Bonchev–Trinajstić information content (AvgIpc) is 3.49. The minimum atomic E-state index is -1.38. The average molecular weight is 482 g/mol. The predicted octanol–water partition coefficient (Wildman–Crippen LogP) is 1.90. The van der Waals surface area contributed by atoms with E-state index in [1.54, 1.807) is 36.4 Å². The molecule has 1 aliphatic heterocycles. The number of nitrogens with one attached hydrogen (secondary N) is 3. The number of aromatic nitrogens is 4. The van der Waals surface area contributed by atoms with Crippen LogP contribution in [0.5, 0.6) is 0 Å². The SMILES string of the molecule is O=C(N[C@@H](c1ccccc1)c1ccc(C2CC2)c(F)n1)[C@@H]1C[C@@H](F)CN1C(=O)Cc1n[nH]c(=O)[nH]1. The number of carbonyl (C=O) groups excluding carboxylic acids is 2. The van der Waals surface area contributed by atoms with Crippen molar-refractivity contribution in [3.05, 3.63) is 81.5 Å². The van der Waals surface area contributed by atoms with Crippen LogP contribution in [-0.4, -0.2) is 55.6 Å². The zero-order chi connectivity index (χ0) is 24.5. The summed E-state index contributed by atoms with van der Waals surface area (Å²) in [6.07, 6.45) is 0.0276. The monoisotopic (exact) mass is 482 g/mol. The number of pyridine rings is 1. The normalized spacial score (nSPS) is 20.6. The third-order valence-corrected chi connectivity index (χ3v) is 6.37. The Morgan fingerprint density at radius 3 is 2.60 bits per heavy atom. The van der Waals surface area contributed by atoms with E-state index in [1.165, 1.54) is 0 Å². The maximum Gasteiger partial charge on any atom is 0.340 e. The summed E-state index contributed by atoms with van der Waals surface area (Å²) in [5, 5.41) is 8.71. The Labute approximate surface area is 199 Å². The number of alkyl halides is 1. The minimum Gasteiger partial charge on any atom is -0.342 e. The molecule has 0 spiro atoms. The van der Waals surface area contributed by atoms with E-state index in [2.05, 4.69) is 25.5 Å². The first-order valence-corrected chi connectivity index (χ1v) is 11.5. The van der Waals surface area contributed by atoms with Crippen LogP contribution in [0.25, 0.3) is 0 Å². The minimum absolute atomic E-state index is 0.0963. The Balaban J connectivity index is 1.38. The molecule has 1 saturated carbocycles. The molecular weight excluding hydrogens is 458 g/mol. The molecule has 11 heteroatoms. The maximum atomic E-state index is 14.7. The number of hydrogen-bond acceptors (Lipinski definition) is 5. The van der Waals surface area contributed by atoms with Crippen LogP contribution in [0.1, 0.15) is 53.9 Å². The predicted molar refractivity (Wildman–Crippen MR) is 121 cm³/mol. The number of halogens is 2. The Morgan fingerprint density at radius 2 is 1.94 bits per heavy atom. The molecule has 3 heterocycles. The lowest BCUT2D eigenvalue weighted by atomic mass is 10.0. The molecule has 2 aromatic heterocycles. The molecule has 2 amide bonds. The number of nitrogens with zero attached hydrogens (tertiary/aromatic N) is 3. The summed E-state index contributed by atoms with van der Waals surface area (Å²) in [4.78, 5) is 45.0. The highest BCUT2D eigenvalue weighted by molar-refractivity contribution is 5.89. The van der Waals surface area contributed by atoms with Gasteiger partial charge in [0.15, 0.2) is 0 Å². The molecule has 3 aromatic rings. The second-order valence-electron chi connectivity index (χ2n) is 8.94. The van der Waals surface area contributed by atoms with E-state index in [4.69, 9.17) is 0 Å². The Bertz CT molecular complexity index is 1290. The summed E-state index contributed by atoms with van der Waals surface area (Å²) in [5.74, 6) is -1.39. The summed E-state index contributed by atoms with van der Waals surface area (Å²) in [6, 6.07) is 10.5. The van der Waals surface area contributed by atoms with Crippen molar-refractivity contribution in [3.63, 3.8) is 0 Å². The van der Waals surface area contributed by atoms with Gasteiger partial charge in [0.1, 0.15) is 18.0 Å². The van der Waals surface area contributed by atoms with Gasteiger partial charge in [0.25, 0.3) is 0 Å². The van der Waals surface area contributed by atoms with Crippen LogP contribution >= 0.6 is 0 Å². The van der Waals surface area contributed by atoms with Crippen molar-refractivity contribution in [2.24, 2.45) is 0 Å². The second-order valence-corrected chi connectivity index (χ2v) is 8.94. The van der Waals surface area contributed by atoms with Gasteiger partial charge >= 0.3 is 5.69 Å². The first-order valence-electron chi connectivity index (χ1n) is 11.5. The molecule has 2 aliphatic rings. The summed E-state index contributed by atoms with van der Waals surface area (Å²) < 4.78 is 29.1. The fourth-order valence-electron chi connectivity index (χ4n) is 4.47. The molecule has 3 N–H and O–H groups in total. The largest absolute Gasteiger partial charge is 0.342 e. The van der Waals surface area contributed by atoms with Gasteiger partial charge in [-0.05, 0) is 30.4 Å². The van der Waals surface area contributed by atoms with E-state index in [9.17, 15) is 23.2 Å². The third kappa shape index (κ3) is 4.98. The number of carbonyl (C=O) groups is 2.